The number of hydrogen-bond acceptors (Lipinski definition) is 4. The Labute approximate surface area is 97.2 Å². The first kappa shape index (κ1) is 15.4. The van der Waals surface area contributed by atoms with Gasteiger partial charge in [-0.05, 0) is 19.8 Å². The van der Waals surface area contributed by atoms with Crippen molar-refractivity contribution < 1.29 is 18.3 Å². The molecule has 0 saturated heterocycles. The minimum Gasteiger partial charge on any atom is -0.394 e. The van der Waals surface area contributed by atoms with Crippen LogP contribution in [0, 0.1) is 5.92 Å². The first-order chi connectivity index (χ1) is 7.04. The van der Waals surface area contributed by atoms with Crippen LogP contribution in [0.4, 0.5) is 0 Å². The van der Waals surface area contributed by atoms with Crippen molar-refractivity contribution in [3.63, 3.8) is 0 Å². The molecule has 0 unspecified atom stereocenters. The van der Waals surface area contributed by atoms with E-state index in [1.165, 1.54) is 13.8 Å². The number of aliphatic hydroxyl groups excluding tert-OH is 1. The third-order valence-corrected chi connectivity index (χ3v) is 4.83. The standard InChI is InChI=1S/C10H21NO4S/c1-7(2)8(6-12)11-9(13)10(3,4)16(5,14)15/h7-8,12H,6H2,1-5H3,(H,11,13)/t8-/m1/s1. The molecule has 5 nitrogen and oxygen atoms in total. The zero-order valence-corrected chi connectivity index (χ0v) is 11.3. The van der Waals surface area contributed by atoms with E-state index < -0.39 is 26.5 Å². The van der Waals surface area contributed by atoms with Gasteiger partial charge in [0.05, 0.1) is 12.6 Å². The Bertz CT molecular complexity index is 346. The number of aliphatic hydroxyl groups is 1. The van der Waals surface area contributed by atoms with Crippen LogP contribution in [-0.4, -0.2) is 43.1 Å². The fraction of sp³-hybridized carbons (Fsp3) is 0.900. The van der Waals surface area contributed by atoms with Gasteiger partial charge >= 0.3 is 0 Å². The number of amides is 1. The Kier molecular flexibility index (Phi) is 4.94. The van der Waals surface area contributed by atoms with Crippen LogP contribution < -0.4 is 5.32 Å². The Balaban J connectivity index is 4.84. The van der Waals surface area contributed by atoms with Gasteiger partial charge < -0.3 is 10.4 Å². The molecule has 1 amide bonds. The highest BCUT2D eigenvalue weighted by molar-refractivity contribution is 7.92. The third kappa shape index (κ3) is 3.45. The molecule has 0 radical (unpaired) electrons. The summed E-state index contributed by atoms with van der Waals surface area (Å²) < 4.78 is 21.3. The molecule has 0 spiro atoms. The first-order valence-corrected chi connectivity index (χ1v) is 7.04. The summed E-state index contributed by atoms with van der Waals surface area (Å²) in [6.45, 7) is 6.19. The second kappa shape index (κ2) is 5.14. The summed E-state index contributed by atoms with van der Waals surface area (Å²) in [5.41, 5.74) is 0. The molecule has 0 aromatic carbocycles. The quantitative estimate of drug-likeness (QED) is 0.717. The molecule has 6 heteroatoms. The van der Waals surface area contributed by atoms with Crippen LogP contribution in [0.15, 0.2) is 0 Å². The lowest BCUT2D eigenvalue weighted by molar-refractivity contribution is -0.124. The summed E-state index contributed by atoms with van der Waals surface area (Å²) in [5, 5.41) is 11.6. The van der Waals surface area contributed by atoms with E-state index in [9.17, 15) is 13.2 Å². The zero-order chi connectivity index (χ0) is 13.1. The van der Waals surface area contributed by atoms with E-state index in [1.54, 1.807) is 0 Å². The van der Waals surface area contributed by atoms with Gasteiger partial charge in [0, 0.05) is 6.26 Å². The molecule has 0 fully saturated rings. The maximum absolute atomic E-state index is 11.8. The SMILES string of the molecule is CC(C)[C@@H](CO)NC(=O)C(C)(C)S(C)(=O)=O. The van der Waals surface area contributed by atoms with Crippen LogP contribution in [0.2, 0.25) is 0 Å². The van der Waals surface area contributed by atoms with E-state index in [-0.39, 0.29) is 12.5 Å². The second-order valence-corrected chi connectivity index (χ2v) is 7.35. The minimum atomic E-state index is -3.47. The van der Waals surface area contributed by atoms with E-state index in [0.29, 0.717) is 0 Å². The number of hydrogen-bond donors (Lipinski definition) is 2. The average Bonchev–Trinajstić information content (AvgIpc) is 2.11. The van der Waals surface area contributed by atoms with E-state index in [1.807, 2.05) is 13.8 Å². The van der Waals surface area contributed by atoms with Gasteiger partial charge in [-0.2, -0.15) is 0 Å². The fourth-order valence-electron chi connectivity index (χ4n) is 0.934. The van der Waals surface area contributed by atoms with E-state index in [4.69, 9.17) is 5.11 Å². The average molecular weight is 251 g/mol. The number of rotatable bonds is 5. The fourth-order valence-corrected chi connectivity index (χ4v) is 1.33. The Morgan fingerprint density at radius 2 is 1.81 bits per heavy atom. The van der Waals surface area contributed by atoms with Crippen molar-refractivity contribution in [3.05, 3.63) is 0 Å². The molecule has 0 saturated carbocycles. The van der Waals surface area contributed by atoms with Gasteiger partial charge in [0.15, 0.2) is 9.84 Å². The lowest BCUT2D eigenvalue weighted by Gasteiger charge is -2.26. The van der Waals surface area contributed by atoms with Crippen LogP contribution in [-0.2, 0) is 14.6 Å². The van der Waals surface area contributed by atoms with Crippen molar-refractivity contribution in [2.24, 2.45) is 5.92 Å². The largest absolute Gasteiger partial charge is 0.394 e. The van der Waals surface area contributed by atoms with Gasteiger partial charge in [-0.1, -0.05) is 13.8 Å². The van der Waals surface area contributed by atoms with Gasteiger partial charge in [0.2, 0.25) is 5.91 Å². The van der Waals surface area contributed by atoms with Crippen molar-refractivity contribution in [2.45, 2.75) is 38.5 Å². The number of sulfone groups is 1. The Morgan fingerprint density at radius 3 is 2.06 bits per heavy atom. The molecule has 0 aromatic heterocycles. The summed E-state index contributed by atoms with van der Waals surface area (Å²) in [6.07, 6.45) is 1.02. The molecule has 0 bridgehead atoms. The summed E-state index contributed by atoms with van der Waals surface area (Å²) in [5.74, 6) is -0.535. The topological polar surface area (TPSA) is 83.5 Å². The second-order valence-electron chi connectivity index (χ2n) is 4.79. The van der Waals surface area contributed by atoms with Crippen molar-refractivity contribution in [3.8, 4) is 0 Å². The predicted octanol–water partition coefficient (Wildman–Crippen LogP) is -0.0573. The van der Waals surface area contributed by atoms with Gasteiger partial charge in [-0.15, -0.1) is 0 Å². The van der Waals surface area contributed by atoms with Gasteiger partial charge in [-0.3, -0.25) is 4.79 Å². The molecule has 0 aliphatic heterocycles. The molecule has 1 atom stereocenters. The van der Waals surface area contributed by atoms with Crippen molar-refractivity contribution in [2.75, 3.05) is 12.9 Å². The van der Waals surface area contributed by atoms with Gasteiger partial charge in [0.1, 0.15) is 4.75 Å². The Hall–Kier alpha value is -0.620. The maximum Gasteiger partial charge on any atom is 0.241 e. The lowest BCUT2D eigenvalue weighted by atomic mass is 10.0. The summed E-state index contributed by atoms with van der Waals surface area (Å²) >= 11 is 0. The Morgan fingerprint density at radius 1 is 1.38 bits per heavy atom. The highest BCUT2D eigenvalue weighted by Crippen LogP contribution is 2.16. The molecule has 0 heterocycles. The van der Waals surface area contributed by atoms with E-state index in [2.05, 4.69) is 5.32 Å². The molecule has 0 rings (SSSR count). The molecular weight excluding hydrogens is 230 g/mol. The number of carbonyl (C=O) groups is 1. The summed E-state index contributed by atoms with van der Waals surface area (Å²) in [4.78, 5) is 11.8. The third-order valence-electron chi connectivity index (χ3n) is 2.79. The van der Waals surface area contributed by atoms with Crippen molar-refractivity contribution in [1.82, 2.24) is 5.32 Å². The van der Waals surface area contributed by atoms with Gasteiger partial charge in [0.25, 0.3) is 0 Å². The summed E-state index contributed by atoms with van der Waals surface area (Å²) in [6, 6.07) is -0.423. The molecule has 2 N–H and O–H groups in total. The first-order valence-electron chi connectivity index (χ1n) is 5.15. The highest BCUT2D eigenvalue weighted by atomic mass is 32.2. The van der Waals surface area contributed by atoms with E-state index in [0.717, 1.165) is 6.26 Å². The van der Waals surface area contributed by atoms with E-state index >= 15 is 0 Å². The van der Waals surface area contributed by atoms with Crippen LogP contribution in [0.5, 0.6) is 0 Å². The van der Waals surface area contributed by atoms with Crippen LogP contribution in [0.3, 0.4) is 0 Å². The number of nitrogens with one attached hydrogen (secondary N) is 1. The maximum atomic E-state index is 11.8. The smallest absolute Gasteiger partial charge is 0.241 e. The highest BCUT2D eigenvalue weighted by Gasteiger charge is 2.39. The van der Waals surface area contributed by atoms with Crippen molar-refractivity contribution >= 4 is 15.7 Å². The lowest BCUT2D eigenvalue weighted by Crippen LogP contribution is -2.53. The molecule has 96 valence electrons. The molecule has 0 aliphatic rings. The molecule has 0 aromatic rings. The van der Waals surface area contributed by atoms with Gasteiger partial charge in [-0.25, -0.2) is 8.42 Å². The monoisotopic (exact) mass is 251 g/mol. The molecular formula is C10H21NO4S. The summed E-state index contributed by atoms with van der Waals surface area (Å²) in [7, 11) is -3.47. The molecule has 16 heavy (non-hydrogen) atoms. The normalized spacial score (nSPS) is 14.9. The van der Waals surface area contributed by atoms with Crippen LogP contribution in [0.25, 0.3) is 0 Å². The van der Waals surface area contributed by atoms with Crippen molar-refractivity contribution in [1.29, 1.82) is 0 Å². The number of carbonyl (C=O) groups excluding carboxylic acids is 1. The van der Waals surface area contributed by atoms with Crippen LogP contribution >= 0.6 is 0 Å². The predicted molar refractivity (Wildman–Crippen MR) is 62.8 cm³/mol. The zero-order valence-electron chi connectivity index (χ0n) is 10.4. The molecule has 0 aliphatic carbocycles. The van der Waals surface area contributed by atoms with Crippen LogP contribution in [0.1, 0.15) is 27.7 Å². The minimum absolute atomic E-state index is 0.0457.